The first-order valence-corrected chi connectivity index (χ1v) is 5.72. The molecule has 0 amide bonds. The minimum Gasteiger partial charge on any atom is -0.497 e. The molecule has 0 radical (unpaired) electrons. The summed E-state index contributed by atoms with van der Waals surface area (Å²) in [6.07, 6.45) is 0.0182. The predicted octanol–water partition coefficient (Wildman–Crippen LogP) is 3.40. The molecule has 0 atom stereocenters. The van der Waals surface area contributed by atoms with Gasteiger partial charge in [0.05, 0.1) is 12.7 Å². The van der Waals surface area contributed by atoms with Crippen LogP contribution < -0.4 is 4.74 Å². The van der Waals surface area contributed by atoms with Crippen LogP contribution >= 0.6 is 0 Å². The molecule has 0 spiro atoms. The van der Waals surface area contributed by atoms with Crippen LogP contribution in [0, 0.1) is 11.6 Å². The molecule has 0 heterocycles. The standard InChI is InChI=1S/C15H12F2O2/c1-19-11-7-5-10(6-8-11)9-14(18)12-3-2-4-13(16)15(12)17/h2-8H,9H2,1H3. The Bertz CT molecular complexity index is 592. The van der Waals surface area contributed by atoms with Crippen molar-refractivity contribution in [1.29, 1.82) is 0 Å². The van der Waals surface area contributed by atoms with Gasteiger partial charge in [-0.05, 0) is 29.8 Å². The lowest BCUT2D eigenvalue weighted by atomic mass is 10.0. The van der Waals surface area contributed by atoms with E-state index < -0.39 is 17.4 Å². The van der Waals surface area contributed by atoms with Crippen LogP contribution in [0.2, 0.25) is 0 Å². The van der Waals surface area contributed by atoms with Crippen LogP contribution in [-0.4, -0.2) is 12.9 Å². The number of benzene rings is 2. The second-order valence-electron chi connectivity index (χ2n) is 4.05. The quantitative estimate of drug-likeness (QED) is 0.789. The molecular formula is C15H12F2O2. The number of carbonyl (C=O) groups is 1. The summed E-state index contributed by atoms with van der Waals surface area (Å²) >= 11 is 0. The Morgan fingerprint density at radius 2 is 1.79 bits per heavy atom. The maximum Gasteiger partial charge on any atom is 0.170 e. The molecule has 0 saturated heterocycles. The van der Waals surface area contributed by atoms with Gasteiger partial charge in [0, 0.05) is 6.42 Å². The maximum absolute atomic E-state index is 13.5. The van der Waals surface area contributed by atoms with Crippen LogP contribution in [0.5, 0.6) is 5.75 Å². The monoisotopic (exact) mass is 262 g/mol. The average molecular weight is 262 g/mol. The van der Waals surface area contributed by atoms with Crippen molar-refractivity contribution >= 4 is 5.78 Å². The Morgan fingerprint density at radius 1 is 1.11 bits per heavy atom. The van der Waals surface area contributed by atoms with Gasteiger partial charge in [-0.2, -0.15) is 0 Å². The van der Waals surface area contributed by atoms with Crippen LogP contribution in [0.3, 0.4) is 0 Å². The molecule has 0 aromatic heterocycles. The number of Topliss-reactive ketones (excluding diaryl/α,β-unsaturated/α-hetero) is 1. The zero-order valence-electron chi connectivity index (χ0n) is 10.3. The number of methoxy groups -OCH3 is 1. The third kappa shape index (κ3) is 2.96. The number of halogens is 2. The van der Waals surface area contributed by atoms with Gasteiger partial charge in [0.25, 0.3) is 0 Å². The zero-order valence-corrected chi connectivity index (χ0v) is 10.3. The van der Waals surface area contributed by atoms with Crippen LogP contribution in [-0.2, 0) is 6.42 Å². The highest BCUT2D eigenvalue weighted by Gasteiger charge is 2.15. The summed E-state index contributed by atoms with van der Waals surface area (Å²) in [5.74, 6) is -1.89. The number of ether oxygens (including phenoxy) is 1. The number of rotatable bonds is 4. The molecule has 0 fully saturated rings. The van der Waals surface area contributed by atoms with Crippen molar-refractivity contribution in [3.8, 4) is 5.75 Å². The lowest BCUT2D eigenvalue weighted by Crippen LogP contribution is -2.07. The molecule has 0 aliphatic heterocycles. The van der Waals surface area contributed by atoms with Gasteiger partial charge in [-0.25, -0.2) is 8.78 Å². The summed E-state index contributed by atoms with van der Waals surface area (Å²) in [6, 6.07) is 10.4. The maximum atomic E-state index is 13.5. The molecule has 0 unspecified atom stereocenters. The molecule has 0 aliphatic carbocycles. The fourth-order valence-electron chi connectivity index (χ4n) is 1.74. The Morgan fingerprint density at radius 3 is 2.42 bits per heavy atom. The van der Waals surface area contributed by atoms with E-state index in [2.05, 4.69) is 0 Å². The lowest BCUT2D eigenvalue weighted by Gasteiger charge is -2.05. The van der Waals surface area contributed by atoms with Crippen molar-refractivity contribution < 1.29 is 18.3 Å². The smallest absolute Gasteiger partial charge is 0.170 e. The fraction of sp³-hybridized carbons (Fsp3) is 0.133. The normalized spacial score (nSPS) is 10.3. The van der Waals surface area contributed by atoms with Gasteiger partial charge in [0.15, 0.2) is 17.4 Å². The van der Waals surface area contributed by atoms with Crippen LogP contribution in [0.15, 0.2) is 42.5 Å². The topological polar surface area (TPSA) is 26.3 Å². The highest BCUT2D eigenvalue weighted by molar-refractivity contribution is 5.97. The Balaban J connectivity index is 2.18. The van der Waals surface area contributed by atoms with Gasteiger partial charge >= 0.3 is 0 Å². The van der Waals surface area contributed by atoms with E-state index in [1.165, 1.54) is 12.1 Å². The van der Waals surface area contributed by atoms with E-state index in [0.29, 0.717) is 5.75 Å². The van der Waals surface area contributed by atoms with Crippen molar-refractivity contribution in [3.63, 3.8) is 0 Å². The van der Waals surface area contributed by atoms with Crippen molar-refractivity contribution in [2.24, 2.45) is 0 Å². The van der Waals surface area contributed by atoms with Gasteiger partial charge in [-0.1, -0.05) is 18.2 Å². The molecule has 4 heteroatoms. The summed E-state index contributed by atoms with van der Waals surface area (Å²) in [6.45, 7) is 0. The van der Waals surface area contributed by atoms with E-state index in [4.69, 9.17) is 4.74 Å². The highest BCUT2D eigenvalue weighted by atomic mass is 19.2. The highest BCUT2D eigenvalue weighted by Crippen LogP contribution is 2.16. The predicted molar refractivity (Wildman–Crippen MR) is 67.4 cm³/mol. The van der Waals surface area contributed by atoms with Gasteiger partial charge in [0.1, 0.15) is 5.75 Å². The van der Waals surface area contributed by atoms with Crippen molar-refractivity contribution in [2.45, 2.75) is 6.42 Å². The summed E-state index contributed by atoms with van der Waals surface area (Å²) in [5, 5.41) is 0. The molecule has 0 bridgehead atoms. The number of ketones is 1. The number of carbonyl (C=O) groups excluding carboxylic acids is 1. The first kappa shape index (κ1) is 13.2. The molecular weight excluding hydrogens is 250 g/mol. The number of hydrogen-bond acceptors (Lipinski definition) is 2. The number of hydrogen-bond donors (Lipinski definition) is 0. The van der Waals surface area contributed by atoms with Gasteiger partial charge < -0.3 is 4.74 Å². The summed E-state index contributed by atoms with van der Waals surface area (Å²) < 4.78 is 31.5. The third-order valence-corrected chi connectivity index (χ3v) is 2.78. The minimum absolute atomic E-state index is 0.0182. The van der Waals surface area contributed by atoms with E-state index >= 15 is 0 Å². The van der Waals surface area contributed by atoms with Gasteiger partial charge in [0.2, 0.25) is 0 Å². The lowest BCUT2D eigenvalue weighted by molar-refractivity contribution is 0.0988. The Hall–Kier alpha value is -2.23. The van der Waals surface area contributed by atoms with Gasteiger partial charge in [-0.3, -0.25) is 4.79 Å². The van der Waals surface area contributed by atoms with Crippen molar-refractivity contribution in [2.75, 3.05) is 7.11 Å². The SMILES string of the molecule is COc1ccc(CC(=O)c2cccc(F)c2F)cc1. The molecule has 0 N–H and O–H groups in total. The summed E-state index contributed by atoms with van der Waals surface area (Å²) in [7, 11) is 1.54. The van der Waals surface area contributed by atoms with Crippen molar-refractivity contribution in [3.05, 3.63) is 65.2 Å². The summed E-state index contributed by atoms with van der Waals surface area (Å²) in [5.41, 5.74) is 0.491. The Labute approximate surface area is 109 Å². The summed E-state index contributed by atoms with van der Waals surface area (Å²) in [4.78, 5) is 11.9. The molecule has 0 aliphatic rings. The third-order valence-electron chi connectivity index (χ3n) is 2.78. The van der Waals surface area contributed by atoms with E-state index in [9.17, 15) is 13.6 Å². The van der Waals surface area contributed by atoms with E-state index in [-0.39, 0.29) is 12.0 Å². The van der Waals surface area contributed by atoms with E-state index in [1.54, 1.807) is 31.4 Å². The molecule has 0 saturated carbocycles. The van der Waals surface area contributed by atoms with E-state index in [1.807, 2.05) is 0 Å². The van der Waals surface area contributed by atoms with Gasteiger partial charge in [-0.15, -0.1) is 0 Å². The zero-order chi connectivity index (χ0) is 13.8. The molecule has 2 rings (SSSR count). The fourth-order valence-corrected chi connectivity index (χ4v) is 1.74. The minimum atomic E-state index is -1.10. The average Bonchev–Trinajstić information content (AvgIpc) is 2.42. The van der Waals surface area contributed by atoms with Crippen LogP contribution in [0.1, 0.15) is 15.9 Å². The Kier molecular flexibility index (Phi) is 3.90. The second-order valence-corrected chi connectivity index (χ2v) is 4.05. The molecule has 2 nitrogen and oxygen atoms in total. The first-order valence-electron chi connectivity index (χ1n) is 5.72. The molecule has 2 aromatic carbocycles. The second kappa shape index (κ2) is 5.61. The van der Waals surface area contributed by atoms with Crippen LogP contribution in [0.25, 0.3) is 0 Å². The van der Waals surface area contributed by atoms with Crippen LogP contribution in [0.4, 0.5) is 8.78 Å². The van der Waals surface area contributed by atoms with E-state index in [0.717, 1.165) is 11.6 Å². The molecule has 2 aromatic rings. The van der Waals surface area contributed by atoms with Crippen molar-refractivity contribution in [1.82, 2.24) is 0 Å². The first-order chi connectivity index (χ1) is 9.11. The molecule has 98 valence electrons. The molecule has 19 heavy (non-hydrogen) atoms. The largest absolute Gasteiger partial charge is 0.497 e.